The molecule has 0 atom stereocenters. The van der Waals surface area contributed by atoms with Gasteiger partial charge in [-0.05, 0) is 44.4 Å². The molecular formula is C58H61N11O15. The third-order valence-corrected chi connectivity index (χ3v) is 15.1. The van der Waals surface area contributed by atoms with Crippen LogP contribution in [0.3, 0.4) is 0 Å². The van der Waals surface area contributed by atoms with Gasteiger partial charge < -0.3 is 47.9 Å². The molecule has 26 nitrogen and oxygen atoms in total. The number of nitrogens with one attached hydrogen (secondary N) is 5. The maximum absolute atomic E-state index is 12.5. The third-order valence-electron chi connectivity index (χ3n) is 15.1. The standard InChI is InChI=1S/C20H19N3O4.C19H20N4O5.C15H16N4O3.C4H6O3/c24-17(16-9-18(27-23-16)13-4-2-1-3-5-13)8-12-6-14(7-12)19-21-22-20(26-19)15-10-25-11-15;24-17(21-22-18(25)13-9-27-10-13)12-6-14(7-12)20-19(26)15-8-16(28-23-15)11-4-2-1-3-5-11;16-18-14(20)10-6-11(7-10)17-15(21)12-8-13(22-19-12)9-4-2-1-3-5-9;5-4(6)3-1-7-2-3/h1-5,9,12,14-15H,6-8,10-11H2;1-5,8,12-14H,6-7,9-10H2,(H,20,26)(H,21,24)(H,22,25);1-5,8,10-11H,6-7,16H2,(H,17,21)(H,18,20);3H,1-2H2,(H,5,6). The Morgan fingerprint density at radius 1 is 0.488 bits per heavy atom. The zero-order valence-electron chi connectivity index (χ0n) is 45.3. The summed E-state index contributed by atoms with van der Waals surface area (Å²) in [6.07, 6.45) is 4.41. The Labute approximate surface area is 479 Å². The number of hydrogen-bond acceptors (Lipinski definition) is 20. The number of aromatic nitrogens is 5. The first-order chi connectivity index (χ1) is 40.8. The number of aliphatic carboxylic acids is 1. The van der Waals surface area contributed by atoms with E-state index in [1.807, 2.05) is 91.0 Å². The summed E-state index contributed by atoms with van der Waals surface area (Å²) < 4.78 is 36.2. The minimum atomic E-state index is -0.744. The number of rotatable bonds is 16. The minimum absolute atomic E-state index is 0.0159. The van der Waals surface area contributed by atoms with E-state index in [1.165, 1.54) is 0 Å². The number of hydrogen-bond donors (Lipinski definition) is 7. The van der Waals surface area contributed by atoms with Gasteiger partial charge >= 0.3 is 5.97 Å². The number of benzene rings is 3. The number of carbonyl (C=O) groups is 7. The SMILES string of the molecule is NNC(=O)C1CC(NC(=O)c2cc(-c3ccccc3)on2)C1.O=C(CC1CC(c2nnc(C3COC3)o2)C1)c1cc(-c2ccccc2)on1.O=C(NC1CC(C(=O)NNC(=O)C2COC2)C1)c1cc(-c2ccccc2)on1.O=C(O)C1COC1. The summed E-state index contributed by atoms with van der Waals surface area (Å²) in [5.41, 5.74) is 10.4. The number of carbonyl (C=O) groups excluding carboxylic acids is 6. The Morgan fingerprint density at radius 2 is 0.893 bits per heavy atom. The van der Waals surface area contributed by atoms with Crippen LogP contribution in [0.25, 0.3) is 34.0 Å². The molecule has 26 heteroatoms. The second-order valence-electron chi connectivity index (χ2n) is 21.2. The number of hydrazine groups is 2. The highest BCUT2D eigenvalue weighted by atomic mass is 16.5. The van der Waals surface area contributed by atoms with Crippen molar-refractivity contribution in [2.75, 3.05) is 39.6 Å². The van der Waals surface area contributed by atoms with Gasteiger partial charge in [0.15, 0.2) is 34.5 Å². The van der Waals surface area contributed by atoms with E-state index < -0.39 is 5.97 Å². The topological polar surface area (TPSA) is 371 Å². The van der Waals surface area contributed by atoms with E-state index in [-0.39, 0.29) is 94.3 Å². The third kappa shape index (κ3) is 14.7. The van der Waals surface area contributed by atoms with Crippen molar-refractivity contribution in [3.05, 3.63) is 138 Å². The highest BCUT2D eigenvalue weighted by molar-refractivity contribution is 5.96. The lowest BCUT2D eigenvalue weighted by Crippen LogP contribution is -2.55. The molecule has 7 aromatic rings. The van der Waals surface area contributed by atoms with Crippen molar-refractivity contribution in [3.63, 3.8) is 0 Å². The molecule has 3 aromatic carbocycles. The molecule has 4 aromatic heterocycles. The largest absolute Gasteiger partial charge is 0.481 e. The van der Waals surface area contributed by atoms with Crippen LogP contribution in [-0.4, -0.2) is 124 Å². The Balaban J connectivity index is 0.000000133. The average molecular weight is 1150 g/mol. The highest BCUT2D eigenvalue weighted by Crippen LogP contribution is 2.44. The van der Waals surface area contributed by atoms with Crippen LogP contribution in [0.15, 0.2) is 127 Å². The van der Waals surface area contributed by atoms with Crippen molar-refractivity contribution in [1.29, 1.82) is 0 Å². The van der Waals surface area contributed by atoms with E-state index in [1.54, 1.807) is 18.2 Å². The second-order valence-corrected chi connectivity index (χ2v) is 21.2. The lowest BCUT2D eigenvalue weighted by Gasteiger charge is -2.34. The fourth-order valence-corrected chi connectivity index (χ4v) is 9.44. The summed E-state index contributed by atoms with van der Waals surface area (Å²) in [6.45, 7) is 2.88. The van der Waals surface area contributed by atoms with Crippen molar-refractivity contribution in [2.45, 2.75) is 68.9 Å². The number of ketones is 1. The second kappa shape index (κ2) is 27.2. The number of nitrogens with zero attached hydrogens (tertiary/aromatic N) is 5. The Morgan fingerprint density at radius 3 is 1.29 bits per heavy atom. The molecule has 3 aliphatic heterocycles. The highest BCUT2D eigenvalue weighted by Gasteiger charge is 2.39. The number of nitrogens with two attached hydrogens (primary N) is 1. The first-order valence-electron chi connectivity index (χ1n) is 27.4. The Hall–Kier alpha value is -9.24. The van der Waals surface area contributed by atoms with Gasteiger partial charge in [-0.15, -0.1) is 10.2 Å². The van der Waals surface area contributed by atoms with Gasteiger partial charge in [-0.2, -0.15) is 0 Å². The first-order valence-corrected chi connectivity index (χ1v) is 27.4. The van der Waals surface area contributed by atoms with Crippen LogP contribution in [0.5, 0.6) is 0 Å². The molecule has 8 N–H and O–H groups in total. The molecule has 13 rings (SSSR count). The molecule has 0 radical (unpaired) electrons. The zero-order chi connectivity index (χ0) is 58.5. The summed E-state index contributed by atoms with van der Waals surface area (Å²) in [5, 5.41) is 33.6. The average Bonchev–Trinajstić information content (AvgIpc) is 3.17. The molecule has 3 aliphatic carbocycles. The van der Waals surface area contributed by atoms with Crippen LogP contribution in [-0.2, 0) is 33.4 Å². The van der Waals surface area contributed by atoms with E-state index in [0.29, 0.717) is 112 Å². The monoisotopic (exact) mass is 1150 g/mol. The van der Waals surface area contributed by atoms with E-state index in [4.69, 9.17) is 38.4 Å². The molecule has 0 spiro atoms. The lowest BCUT2D eigenvalue weighted by atomic mass is 9.72. The molecule has 84 heavy (non-hydrogen) atoms. The molecule has 3 saturated carbocycles. The van der Waals surface area contributed by atoms with Gasteiger partial charge in [-0.1, -0.05) is 106 Å². The molecule has 438 valence electrons. The van der Waals surface area contributed by atoms with Crippen molar-refractivity contribution in [1.82, 2.24) is 52.6 Å². The molecule has 3 saturated heterocycles. The van der Waals surface area contributed by atoms with Gasteiger partial charge in [0.2, 0.25) is 29.5 Å². The van der Waals surface area contributed by atoms with E-state index in [2.05, 4.69) is 57.3 Å². The molecule has 0 bridgehead atoms. The number of carboxylic acid groups (broad SMARTS) is 1. The van der Waals surface area contributed by atoms with Gasteiger partial charge in [-0.25, -0.2) is 5.84 Å². The number of Topliss-reactive ketones (excluding diaryl/α,β-unsaturated/α-hetero) is 1. The fraction of sp³-hybridized carbons (Fsp3) is 0.379. The van der Waals surface area contributed by atoms with E-state index >= 15 is 0 Å². The molecule has 6 fully saturated rings. The van der Waals surface area contributed by atoms with Crippen molar-refractivity contribution in [2.24, 2.45) is 35.4 Å². The maximum atomic E-state index is 12.5. The molecule has 7 heterocycles. The van der Waals surface area contributed by atoms with E-state index in [0.717, 1.165) is 29.5 Å². The summed E-state index contributed by atoms with van der Waals surface area (Å²) in [7, 11) is 0. The summed E-state index contributed by atoms with van der Waals surface area (Å²) in [5.74, 6) is 6.05. The molecule has 6 aliphatic rings. The summed E-state index contributed by atoms with van der Waals surface area (Å²) >= 11 is 0. The Kier molecular flexibility index (Phi) is 18.8. The quantitative estimate of drug-likeness (QED) is 0.0295. The minimum Gasteiger partial charge on any atom is -0.481 e. The van der Waals surface area contributed by atoms with Gasteiger partial charge in [-0.3, -0.25) is 49.8 Å². The molecule has 5 amide bonds. The maximum Gasteiger partial charge on any atom is 0.311 e. The van der Waals surface area contributed by atoms with E-state index in [9.17, 15) is 33.6 Å². The number of ether oxygens (including phenoxy) is 3. The number of amides is 5. The first kappa shape index (κ1) is 58.0. The summed E-state index contributed by atoms with van der Waals surface area (Å²) in [6, 6.07) is 33.2. The normalized spacial score (nSPS) is 21.2. The fourth-order valence-electron chi connectivity index (χ4n) is 9.44. The summed E-state index contributed by atoms with van der Waals surface area (Å²) in [4.78, 5) is 81.7. The molecule has 0 unspecified atom stereocenters. The van der Waals surface area contributed by atoms with Gasteiger partial charge in [0.25, 0.3) is 11.8 Å². The Bertz CT molecular complexity index is 3380. The van der Waals surface area contributed by atoms with Crippen LogP contribution < -0.4 is 32.8 Å². The van der Waals surface area contributed by atoms with Gasteiger partial charge in [0, 0.05) is 71.1 Å². The zero-order valence-corrected chi connectivity index (χ0v) is 45.3. The van der Waals surface area contributed by atoms with Crippen LogP contribution >= 0.6 is 0 Å². The van der Waals surface area contributed by atoms with Crippen LogP contribution in [0.1, 0.15) is 100 Å². The van der Waals surface area contributed by atoms with Gasteiger partial charge in [0.1, 0.15) is 11.6 Å². The van der Waals surface area contributed by atoms with Crippen LogP contribution in [0, 0.1) is 29.6 Å². The number of carboxylic acids is 1. The lowest BCUT2D eigenvalue weighted by molar-refractivity contribution is -0.156. The van der Waals surface area contributed by atoms with Crippen molar-refractivity contribution < 1.29 is 70.9 Å². The smallest absolute Gasteiger partial charge is 0.311 e. The predicted octanol–water partition coefficient (Wildman–Crippen LogP) is 4.81. The van der Waals surface area contributed by atoms with Gasteiger partial charge in [0.05, 0.1) is 51.5 Å². The van der Waals surface area contributed by atoms with Crippen LogP contribution in [0.4, 0.5) is 0 Å². The predicted molar refractivity (Wildman–Crippen MR) is 291 cm³/mol. The molecular weight excluding hydrogens is 1090 g/mol. The van der Waals surface area contributed by atoms with Crippen LogP contribution in [0.2, 0.25) is 0 Å². The van der Waals surface area contributed by atoms with Crippen molar-refractivity contribution in [3.8, 4) is 34.0 Å². The van der Waals surface area contributed by atoms with Crippen molar-refractivity contribution >= 4 is 41.3 Å².